The zero-order valence-corrected chi connectivity index (χ0v) is 16.5. The maximum absolute atomic E-state index is 12.9. The molecular formula is C20H23FN2O4S. The molecule has 0 unspecified atom stereocenters. The first kappa shape index (κ1) is 20.4. The third kappa shape index (κ3) is 4.95. The molecule has 8 heteroatoms. The van der Waals surface area contributed by atoms with Gasteiger partial charge in [-0.15, -0.1) is 0 Å². The molecule has 0 radical (unpaired) electrons. The summed E-state index contributed by atoms with van der Waals surface area (Å²) in [5.74, 6) is 0.206. The summed E-state index contributed by atoms with van der Waals surface area (Å²) in [6, 6.07) is 11.9. The molecule has 28 heavy (non-hydrogen) atoms. The van der Waals surface area contributed by atoms with Crippen LogP contribution in [0.3, 0.4) is 0 Å². The van der Waals surface area contributed by atoms with Crippen molar-refractivity contribution in [3.63, 3.8) is 0 Å². The van der Waals surface area contributed by atoms with Crippen molar-refractivity contribution in [3.8, 4) is 5.75 Å². The highest BCUT2D eigenvalue weighted by atomic mass is 32.2. The van der Waals surface area contributed by atoms with E-state index in [1.807, 2.05) is 0 Å². The number of benzene rings is 2. The lowest BCUT2D eigenvalue weighted by molar-refractivity contribution is 0.101. The van der Waals surface area contributed by atoms with Gasteiger partial charge in [-0.1, -0.05) is 12.1 Å². The summed E-state index contributed by atoms with van der Waals surface area (Å²) in [4.78, 5) is 13.7. The van der Waals surface area contributed by atoms with E-state index >= 15 is 0 Å². The molecule has 0 saturated carbocycles. The summed E-state index contributed by atoms with van der Waals surface area (Å²) < 4.78 is 45.5. The molecule has 0 aliphatic carbocycles. The number of hydrogen-bond donors (Lipinski definition) is 0. The van der Waals surface area contributed by atoms with Gasteiger partial charge in [-0.3, -0.25) is 9.69 Å². The quantitative estimate of drug-likeness (QED) is 0.661. The van der Waals surface area contributed by atoms with E-state index in [0.29, 0.717) is 50.6 Å². The van der Waals surface area contributed by atoms with Crippen LogP contribution in [0.2, 0.25) is 0 Å². The minimum Gasteiger partial charge on any atom is -0.492 e. The number of carbonyl (C=O) groups is 1. The van der Waals surface area contributed by atoms with Gasteiger partial charge in [0.05, 0.1) is 4.90 Å². The van der Waals surface area contributed by atoms with E-state index < -0.39 is 10.0 Å². The highest BCUT2D eigenvalue weighted by molar-refractivity contribution is 7.89. The van der Waals surface area contributed by atoms with E-state index in [4.69, 9.17) is 4.74 Å². The van der Waals surface area contributed by atoms with Crippen LogP contribution in [0.1, 0.15) is 17.3 Å². The van der Waals surface area contributed by atoms with Gasteiger partial charge in [-0.25, -0.2) is 12.8 Å². The van der Waals surface area contributed by atoms with E-state index in [2.05, 4.69) is 4.90 Å². The molecule has 0 amide bonds. The van der Waals surface area contributed by atoms with E-state index in [1.54, 1.807) is 12.1 Å². The van der Waals surface area contributed by atoms with Crippen molar-refractivity contribution < 1.29 is 22.3 Å². The Balaban J connectivity index is 1.49. The molecule has 2 aromatic carbocycles. The molecule has 0 aromatic heterocycles. The van der Waals surface area contributed by atoms with Gasteiger partial charge in [0.1, 0.15) is 18.2 Å². The monoisotopic (exact) mass is 406 g/mol. The van der Waals surface area contributed by atoms with Crippen molar-refractivity contribution in [2.75, 3.05) is 39.3 Å². The molecule has 1 heterocycles. The second-order valence-electron chi connectivity index (χ2n) is 6.63. The Labute approximate surface area is 164 Å². The summed E-state index contributed by atoms with van der Waals surface area (Å²) in [6.45, 7) is 4.57. The number of halogens is 1. The molecule has 1 saturated heterocycles. The van der Waals surface area contributed by atoms with Crippen molar-refractivity contribution in [3.05, 3.63) is 59.9 Å². The van der Waals surface area contributed by atoms with Gasteiger partial charge in [0.15, 0.2) is 5.78 Å². The van der Waals surface area contributed by atoms with E-state index in [1.165, 1.54) is 47.6 Å². The van der Waals surface area contributed by atoms with Crippen molar-refractivity contribution in [2.45, 2.75) is 11.8 Å². The van der Waals surface area contributed by atoms with Crippen LogP contribution in [-0.2, 0) is 10.0 Å². The molecule has 150 valence electrons. The Morgan fingerprint density at radius 1 is 1.00 bits per heavy atom. The second kappa shape index (κ2) is 8.81. The number of piperazine rings is 1. The van der Waals surface area contributed by atoms with Crippen molar-refractivity contribution in [2.24, 2.45) is 0 Å². The lowest BCUT2D eigenvalue weighted by atomic mass is 10.2. The van der Waals surface area contributed by atoms with Gasteiger partial charge in [-0.2, -0.15) is 4.31 Å². The van der Waals surface area contributed by atoms with E-state index in [0.717, 1.165) is 0 Å². The van der Waals surface area contributed by atoms with Gasteiger partial charge >= 0.3 is 0 Å². The standard InChI is InChI=1S/C20H23FN2O4S/c1-16(24)17-2-8-20(9-3-17)28(25,26)23-12-10-22(11-13-23)14-15-27-19-6-4-18(21)5-7-19/h2-9H,10-15H2,1H3. The zero-order valence-electron chi connectivity index (χ0n) is 15.7. The predicted octanol–water partition coefficient (Wildman–Crippen LogP) is 2.41. The van der Waals surface area contributed by atoms with Crippen LogP contribution in [0, 0.1) is 5.82 Å². The molecular weight excluding hydrogens is 383 g/mol. The summed E-state index contributed by atoms with van der Waals surface area (Å²) in [5, 5.41) is 0. The number of ether oxygens (including phenoxy) is 1. The summed E-state index contributed by atoms with van der Waals surface area (Å²) in [6.07, 6.45) is 0. The number of sulfonamides is 1. The fraction of sp³-hybridized carbons (Fsp3) is 0.350. The van der Waals surface area contributed by atoms with Crippen LogP contribution in [0.25, 0.3) is 0 Å². The van der Waals surface area contributed by atoms with E-state index in [9.17, 15) is 17.6 Å². The minimum absolute atomic E-state index is 0.0968. The smallest absolute Gasteiger partial charge is 0.243 e. The maximum Gasteiger partial charge on any atom is 0.243 e. The van der Waals surface area contributed by atoms with Gasteiger partial charge in [-0.05, 0) is 43.3 Å². The van der Waals surface area contributed by atoms with Gasteiger partial charge in [0.25, 0.3) is 0 Å². The lowest BCUT2D eigenvalue weighted by Gasteiger charge is -2.33. The first-order chi connectivity index (χ1) is 13.4. The molecule has 2 aromatic rings. The number of carbonyl (C=O) groups excluding carboxylic acids is 1. The van der Waals surface area contributed by atoms with Crippen LogP contribution in [0.5, 0.6) is 5.75 Å². The third-order valence-electron chi connectivity index (χ3n) is 4.72. The number of Topliss-reactive ketones (excluding diaryl/α,β-unsaturated/α-hetero) is 1. The largest absolute Gasteiger partial charge is 0.492 e. The van der Waals surface area contributed by atoms with Crippen molar-refractivity contribution in [1.82, 2.24) is 9.21 Å². The normalized spacial score (nSPS) is 16.1. The first-order valence-corrected chi connectivity index (χ1v) is 10.5. The van der Waals surface area contributed by atoms with Crippen LogP contribution < -0.4 is 4.74 Å². The highest BCUT2D eigenvalue weighted by Crippen LogP contribution is 2.19. The molecule has 0 N–H and O–H groups in total. The number of nitrogens with zero attached hydrogens (tertiary/aromatic N) is 2. The Morgan fingerprint density at radius 3 is 2.18 bits per heavy atom. The molecule has 3 rings (SSSR count). The Kier molecular flexibility index (Phi) is 6.43. The SMILES string of the molecule is CC(=O)c1ccc(S(=O)(=O)N2CCN(CCOc3ccc(F)cc3)CC2)cc1. The fourth-order valence-corrected chi connectivity index (χ4v) is 4.45. The molecule has 0 atom stereocenters. The molecule has 1 fully saturated rings. The van der Waals surface area contributed by atoms with Crippen LogP contribution in [0.4, 0.5) is 4.39 Å². The first-order valence-electron chi connectivity index (χ1n) is 9.08. The molecule has 1 aliphatic rings. The molecule has 1 aliphatic heterocycles. The average Bonchev–Trinajstić information content (AvgIpc) is 2.70. The summed E-state index contributed by atoms with van der Waals surface area (Å²) in [7, 11) is -3.57. The second-order valence-corrected chi connectivity index (χ2v) is 8.57. The van der Waals surface area contributed by atoms with Gasteiger partial charge in [0.2, 0.25) is 10.0 Å². The topological polar surface area (TPSA) is 66.9 Å². The highest BCUT2D eigenvalue weighted by Gasteiger charge is 2.28. The summed E-state index contributed by atoms with van der Waals surface area (Å²) >= 11 is 0. The molecule has 6 nitrogen and oxygen atoms in total. The number of ketones is 1. The molecule has 0 bridgehead atoms. The number of rotatable bonds is 7. The third-order valence-corrected chi connectivity index (χ3v) is 6.63. The van der Waals surface area contributed by atoms with Gasteiger partial charge < -0.3 is 4.74 Å². The maximum atomic E-state index is 12.9. The zero-order chi connectivity index (χ0) is 20.1. The van der Waals surface area contributed by atoms with E-state index in [-0.39, 0.29) is 16.5 Å². The van der Waals surface area contributed by atoms with Gasteiger partial charge in [0, 0.05) is 38.3 Å². The van der Waals surface area contributed by atoms with Crippen LogP contribution in [0.15, 0.2) is 53.4 Å². The predicted molar refractivity (Wildman–Crippen MR) is 104 cm³/mol. The Bertz CT molecular complexity index is 906. The number of hydrogen-bond acceptors (Lipinski definition) is 5. The average molecular weight is 406 g/mol. The Hall–Kier alpha value is -2.29. The van der Waals surface area contributed by atoms with Crippen molar-refractivity contribution >= 4 is 15.8 Å². The van der Waals surface area contributed by atoms with Crippen molar-refractivity contribution in [1.29, 1.82) is 0 Å². The Morgan fingerprint density at radius 2 is 1.61 bits per heavy atom. The van der Waals surface area contributed by atoms with Crippen LogP contribution >= 0.6 is 0 Å². The lowest BCUT2D eigenvalue weighted by Crippen LogP contribution is -2.49. The minimum atomic E-state index is -3.57. The summed E-state index contributed by atoms with van der Waals surface area (Å²) in [5.41, 5.74) is 0.491. The van der Waals surface area contributed by atoms with Crippen LogP contribution in [-0.4, -0.2) is 62.7 Å². The molecule has 0 spiro atoms. The fourth-order valence-electron chi connectivity index (χ4n) is 3.03.